The van der Waals surface area contributed by atoms with Crippen LogP contribution < -0.4 is 9.64 Å². The maximum Gasteiger partial charge on any atom is 0.164 e. The van der Waals surface area contributed by atoms with Crippen molar-refractivity contribution in [1.29, 1.82) is 0 Å². The average Bonchev–Trinajstić information content (AvgIpc) is 2.84. The van der Waals surface area contributed by atoms with E-state index in [2.05, 4.69) is 4.98 Å². The topological polar surface area (TPSA) is 65.8 Å². The van der Waals surface area contributed by atoms with Gasteiger partial charge in [0.05, 0.1) is 19.0 Å². The van der Waals surface area contributed by atoms with E-state index in [9.17, 15) is 10.2 Å². The van der Waals surface area contributed by atoms with E-state index in [0.717, 1.165) is 11.3 Å². The van der Waals surface area contributed by atoms with Crippen LogP contribution in [0.5, 0.6) is 11.5 Å². The van der Waals surface area contributed by atoms with Crippen molar-refractivity contribution in [3.05, 3.63) is 53.2 Å². The first kappa shape index (κ1) is 15.8. The van der Waals surface area contributed by atoms with Gasteiger partial charge >= 0.3 is 0 Å². The summed E-state index contributed by atoms with van der Waals surface area (Å²) < 4.78 is 5.65. The quantitative estimate of drug-likeness (QED) is 0.828. The zero-order chi connectivity index (χ0) is 16.4. The van der Waals surface area contributed by atoms with Crippen molar-refractivity contribution in [2.45, 2.75) is 6.23 Å². The van der Waals surface area contributed by atoms with Gasteiger partial charge in [-0.1, -0.05) is 30.0 Å². The number of methoxy groups -OCH3 is 1. The van der Waals surface area contributed by atoms with Crippen LogP contribution in [0.1, 0.15) is 5.56 Å². The summed E-state index contributed by atoms with van der Waals surface area (Å²) in [6.07, 6.45) is 4.28. The summed E-state index contributed by atoms with van der Waals surface area (Å²) in [5, 5.41) is 20.2. The van der Waals surface area contributed by atoms with E-state index < -0.39 is 6.23 Å². The number of phenols is 1. The molecule has 0 radical (unpaired) electrons. The Hall–Kier alpha value is -2.09. The molecule has 2 aromatic rings. The van der Waals surface area contributed by atoms with Gasteiger partial charge in [0.1, 0.15) is 4.32 Å². The number of pyridine rings is 1. The smallest absolute Gasteiger partial charge is 0.164 e. The standard InChI is InChI=1S/C16H14N2O3S2/c1-21-13-7-10(4-5-12(13)19)8-14-15(20)18(16(22)23-14)11-3-2-6-17-9-11/h2-9,15,19-20H,1H3. The summed E-state index contributed by atoms with van der Waals surface area (Å²) in [6, 6.07) is 8.63. The van der Waals surface area contributed by atoms with E-state index >= 15 is 0 Å². The normalized spacial score (nSPS) is 19.4. The van der Waals surface area contributed by atoms with Crippen LogP contribution in [0.3, 0.4) is 0 Å². The van der Waals surface area contributed by atoms with Crippen LogP contribution in [0.15, 0.2) is 47.6 Å². The number of aliphatic hydroxyl groups excluding tert-OH is 1. The van der Waals surface area contributed by atoms with Gasteiger partial charge in [-0.3, -0.25) is 9.88 Å². The van der Waals surface area contributed by atoms with Crippen LogP contribution in [0.2, 0.25) is 0 Å². The molecule has 3 rings (SSSR count). The molecule has 23 heavy (non-hydrogen) atoms. The molecular formula is C16H14N2O3S2. The lowest BCUT2D eigenvalue weighted by Crippen LogP contribution is -2.32. The Kier molecular flexibility index (Phi) is 4.51. The van der Waals surface area contributed by atoms with Gasteiger partial charge in [-0.15, -0.1) is 0 Å². The third kappa shape index (κ3) is 3.17. The number of thiocarbonyl (C=S) groups is 1. The van der Waals surface area contributed by atoms with E-state index in [-0.39, 0.29) is 5.75 Å². The molecule has 2 N–H and O–H groups in total. The number of nitrogens with zero attached hydrogens (tertiary/aromatic N) is 2. The molecule has 1 aliphatic rings. The maximum atomic E-state index is 10.6. The Morgan fingerprint density at radius 2 is 2.22 bits per heavy atom. The van der Waals surface area contributed by atoms with Gasteiger partial charge in [0.15, 0.2) is 17.7 Å². The highest BCUT2D eigenvalue weighted by atomic mass is 32.2. The lowest BCUT2D eigenvalue weighted by molar-refractivity contribution is 0.233. The van der Waals surface area contributed by atoms with Gasteiger partial charge in [0, 0.05) is 11.1 Å². The largest absolute Gasteiger partial charge is 0.504 e. The van der Waals surface area contributed by atoms with Crippen LogP contribution in [0.25, 0.3) is 6.08 Å². The Balaban J connectivity index is 1.91. The highest BCUT2D eigenvalue weighted by Crippen LogP contribution is 2.39. The number of phenolic OH excluding ortho intramolecular Hbond substituents is 1. The fraction of sp³-hybridized carbons (Fsp3) is 0.125. The molecule has 5 nitrogen and oxygen atoms in total. The fourth-order valence-corrected chi connectivity index (χ4v) is 3.63. The van der Waals surface area contributed by atoms with E-state index in [0.29, 0.717) is 15.0 Å². The molecule has 1 unspecified atom stereocenters. The molecule has 118 valence electrons. The molecule has 0 spiro atoms. The van der Waals surface area contributed by atoms with E-state index in [1.807, 2.05) is 12.1 Å². The van der Waals surface area contributed by atoms with E-state index in [4.69, 9.17) is 17.0 Å². The van der Waals surface area contributed by atoms with Crippen LogP contribution >= 0.6 is 24.0 Å². The number of aromatic nitrogens is 1. The minimum absolute atomic E-state index is 0.0711. The molecule has 0 aliphatic carbocycles. The molecule has 1 aliphatic heterocycles. The lowest BCUT2D eigenvalue weighted by Gasteiger charge is -2.20. The Bertz CT molecular complexity index is 765. The Morgan fingerprint density at radius 3 is 2.91 bits per heavy atom. The molecule has 2 heterocycles. The minimum atomic E-state index is -0.864. The number of anilines is 1. The number of ether oxygens (including phenoxy) is 1. The molecule has 1 saturated heterocycles. The molecule has 0 amide bonds. The molecule has 0 saturated carbocycles. The van der Waals surface area contributed by atoms with Crippen molar-refractivity contribution in [2.75, 3.05) is 12.0 Å². The third-order valence-corrected chi connectivity index (χ3v) is 4.72. The molecule has 1 aromatic heterocycles. The zero-order valence-corrected chi connectivity index (χ0v) is 13.8. The van der Waals surface area contributed by atoms with E-state index in [1.54, 1.807) is 41.6 Å². The molecular weight excluding hydrogens is 332 g/mol. The number of hydrogen-bond acceptors (Lipinski definition) is 6. The number of rotatable bonds is 3. The molecule has 1 atom stereocenters. The summed E-state index contributed by atoms with van der Waals surface area (Å²) in [6.45, 7) is 0. The van der Waals surface area contributed by atoms with Crippen molar-refractivity contribution >= 4 is 40.1 Å². The van der Waals surface area contributed by atoms with Crippen molar-refractivity contribution in [3.63, 3.8) is 0 Å². The first-order chi connectivity index (χ1) is 11.1. The number of aliphatic hydroxyl groups is 1. The van der Waals surface area contributed by atoms with Gasteiger partial charge in [-0.25, -0.2) is 0 Å². The monoisotopic (exact) mass is 346 g/mol. The predicted molar refractivity (Wildman–Crippen MR) is 95.5 cm³/mol. The van der Waals surface area contributed by atoms with Gasteiger partial charge in [0.2, 0.25) is 0 Å². The first-order valence-corrected chi connectivity index (χ1v) is 8.00. The minimum Gasteiger partial charge on any atom is -0.504 e. The van der Waals surface area contributed by atoms with Crippen molar-refractivity contribution < 1.29 is 14.9 Å². The molecule has 1 fully saturated rings. The highest BCUT2D eigenvalue weighted by Gasteiger charge is 2.33. The Labute approximate surface area is 143 Å². The van der Waals surface area contributed by atoms with Gasteiger partial charge < -0.3 is 14.9 Å². The second kappa shape index (κ2) is 6.57. The van der Waals surface area contributed by atoms with Gasteiger partial charge in [0.25, 0.3) is 0 Å². The second-order valence-electron chi connectivity index (χ2n) is 4.80. The Morgan fingerprint density at radius 1 is 1.39 bits per heavy atom. The number of aromatic hydroxyl groups is 1. The molecule has 1 aromatic carbocycles. The molecule has 7 heteroatoms. The predicted octanol–water partition coefficient (Wildman–Crippen LogP) is 2.99. The average molecular weight is 346 g/mol. The molecule has 0 bridgehead atoms. The van der Waals surface area contributed by atoms with Crippen molar-refractivity contribution in [1.82, 2.24) is 4.98 Å². The van der Waals surface area contributed by atoms with Crippen LogP contribution in [0, 0.1) is 0 Å². The van der Waals surface area contributed by atoms with Crippen molar-refractivity contribution in [3.8, 4) is 11.5 Å². The second-order valence-corrected chi connectivity index (χ2v) is 6.51. The lowest BCUT2D eigenvalue weighted by atomic mass is 10.2. The SMILES string of the molecule is COc1cc(C=C2SC(=S)N(c3cccnc3)C2O)ccc1O. The number of benzene rings is 1. The summed E-state index contributed by atoms with van der Waals surface area (Å²) >= 11 is 6.68. The van der Waals surface area contributed by atoms with Crippen LogP contribution in [0.4, 0.5) is 5.69 Å². The highest BCUT2D eigenvalue weighted by molar-refractivity contribution is 8.26. The zero-order valence-electron chi connectivity index (χ0n) is 12.2. The van der Waals surface area contributed by atoms with Crippen LogP contribution in [-0.4, -0.2) is 32.9 Å². The maximum absolute atomic E-state index is 10.6. The van der Waals surface area contributed by atoms with Gasteiger partial charge in [-0.2, -0.15) is 0 Å². The summed E-state index contributed by atoms with van der Waals surface area (Å²) in [4.78, 5) is 6.40. The van der Waals surface area contributed by atoms with Crippen LogP contribution in [-0.2, 0) is 0 Å². The fourth-order valence-electron chi connectivity index (χ4n) is 2.22. The van der Waals surface area contributed by atoms with Crippen molar-refractivity contribution in [2.24, 2.45) is 0 Å². The number of thioether (sulfide) groups is 1. The van der Waals surface area contributed by atoms with Gasteiger partial charge in [-0.05, 0) is 35.9 Å². The number of hydrogen-bond donors (Lipinski definition) is 2. The first-order valence-electron chi connectivity index (χ1n) is 6.78. The third-order valence-electron chi connectivity index (χ3n) is 3.34. The van der Waals surface area contributed by atoms with E-state index in [1.165, 1.54) is 18.9 Å². The summed E-state index contributed by atoms with van der Waals surface area (Å²) in [7, 11) is 1.49. The summed E-state index contributed by atoms with van der Waals surface area (Å²) in [5.74, 6) is 0.449. The summed E-state index contributed by atoms with van der Waals surface area (Å²) in [5.41, 5.74) is 1.54.